The number of hydrogen-bond acceptors (Lipinski definition) is 3. The predicted octanol–water partition coefficient (Wildman–Crippen LogP) is 1.50. The molecule has 1 aliphatic carbocycles. The number of nitrogens with two attached hydrogens (primary N) is 1. The van der Waals surface area contributed by atoms with Gasteiger partial charge in [-0.05, 0) is 44.7 Å². The minimum absolute atomic E-state index is 0.0672. The molecule has 1 saturated heterocycles. The molecule has 2 aliphatic rings. The van der Waals surface area contributed by atoms with Gasteiger partial charge in [0.2, 0.25) is 5.91 Å². The summed E-state index contributed by atoms with van der Waals surface area (Å²) in [6, 6.07) is 0. The highest BCUT2D eigenvalue weighted by Gasteiger charge is 2.34. The Balaban J connectivity index is 1.66. The summed E-state index contributed by atoms with van der Waals surface area (Å²) in [7, 11) is 0. The highest BCUT2D eigenvalue weighted by molar-refractivity contribution is 5.86. The first-order valence-corrected chi connectivity index (χ1v) is 7.90. The van der Waals surface area contributed by atoms with Crippen molar-refractivity contribution in [1.82, 2.24) is 10.2 Å². The van der Waals surface area contributed by atoms with E-state index in [0.717, 1.165) is 44.7 Å². The van der Waals surface area contributed by atoms with Crippen LogP contribution in [0.1, 0.15) is 51.9 Å². The van der Waals surface area contributed by atoms with E-state index in [4.69, 9.17) is 5.73 Å². The van der Waals surface area contributed by atoms with E-state index in [-0.39, 0.29) is 5.91 Å². The second kappa shape index (κ2) is 6.71. The zero-order chi connectivity index (χ0) is 13.7. The molecule has 0 aromatic rings. The van der Waals surface area contributed by atoms with Gasteiger partial charge >= 0.3 is 0 Å². The molecule has 0 unspecified atom stereocenters. The Hall–Kier alpha value is -0.610. The van der Waals surface area contributed by atoms with Crippen molar-refractivity contribution in [3.05, 3.63) is 0 Å². The molecule has 1 aliphatic heterocycles. The number of nitrogens with zero attached hydrogens (tertiary/aromatic N) is 1. The van der Waals surface area contributed by atoms with Gasteiger partial charge in [0.05, 0.1) is 5.54 Å². The van der Waals surface area contributed by atoms with Gasteiger partial charge in [0.1, 0.15) is 0 Å². The van der Waals surface area contributed by atoms with E-state index in [9.17, 15) is 4.79 Å². The summed E-state index contributed by atoms with van der Waals surface area (Å²) in [5.74, 6) is 0.929. The van der Waals surface area contributed by atoms with Crippen LogP contribution >= 0.6 is 0 Å². The van der Waals surface area contributed by atoms with Gasteiger partial charge in [-0.2, -0.15) is 0 Å². The molecule has 1 amide bonds. The molecule has 3 N–H and O–H groups in total. The van der Waals surface area contributed by atoms with Crippen molar-refractivity contribution < 1.29 is 4.79 Å². The van der Waals surface area contributed by atoms with Crippen LogP contribution in [0.15, 0.2) is 0 Å². The Morgan fingerprint density at radius 1 is 1.26 bits per heavy atom. The summed E-state index contributed by atoms with van der Waals surface area (Å²) >= 11 is 0. The van der Waals surface area contributed by atoms with Gasteiger partial charge in [0.25, 0.3) is 0 Å². The van der Waals surface area contributed by atoms with Gasteiger partial charge in [0.15, 0.2) is 0 Å². The summed E-state index contributed by atoms with van der Waals surface area (Å²) in [6.07, 6.45) is 7.67. The standard InChI is InChI=1S/C15H29N3O/c1-13-5-10-18(11-6-13)12-9-17-14(19)15(16)7-3-2-4-8-15/h13H,2-12,16H2,1H3,(H,17,19). The van der Waals surface area contributed by atoms with E-state index in [0.29, 0.717) is 0 Å². The lowest BCUT2D eigenvalue weighted by Gasteiger charge is -2.33. The molecule has 1 saturated carbocycles. The summed E-state index contributed by atoms with van der Waals surface area (Å²) in [5.41, 5.74) is 5.63. The van der Waals surface area contributed by atoms with Crippen LogP contribution in [0.3, 0.4) is 0 Å². The van der Waals surface area contributed by atoms with Crippen LogP contribution in [-0.2, 0) is 4.79 Å². The topological polar surface area (TPSA) is 58.4 Å². The Labute approximate surface area is 117 Å². The van der Waals surface area contributed by atoms with E-state index >= 15 is 0 Å². The molecule has 1 heterocycles. The second-order valence-corrected chi connectivity index (χ2v) is 6.50. The van der Waals surface area contributed by atoms with Crippen LogP contribution < -0.4 is 11.1 Å². The third-order valence-corrected chi connectivity index (χ3v) is 4.79. The average molecular weight is 267 g/mol. The van der Waals surface area contributed by atoms with Crippen LogP contribution in [0, 0.1) is 5.92 Å². The number of carbonyl (C=O) groups excluding carboxylic acids is 1. The molecule has 2 fully saturated rings. The fraction of sp³-hybridized carbons (Fsp3) is 0.933. The van der Waals surface area contributed by atoms with Crippen molar-refractivity contribution >= 4 is 5.91 Å². The number of hydrogen-bond donors (Lipinski definition) is 2. The molecule has 110 valence electrons. The van der Waals surface area contributed by atoms with Gasteiger partial charge in [-0.3, -0.25) is 4.79 Å². The van der Waals surface area contributed by atoms with E-state index in [1.165, 1.54) is 32.4 Å². The SMILES string of the molecule is CC1CCN(CCNC(=O)C2(N)CCCCC2)CC1. The van der Waals surface area contributed by atoms with Gasteiger partial charge < -0.3 is 16.0 Å². The van der Waals surface area contributed by atoms with E-state index in [1.54, 1.807) is 0 Å². The van der Waals surface area contributed by atoms with Crippen LogP contribution in [0.2, 0.25) is 0 Å². The van der Waals surface area contributed by atoms with Crippen molar-refractivity contribution in [3.63, 3.8) is 0 Å². The molecule has 19 heavy (non-hydrogen) atoms. The smallest absolute Gasteiger partial charge is 0.240 e. The van der Waals surface area contributed by atoms with Gasteiger partial charge in [-0.15, -0.1) is 0 Å². The number of carbonyl (C=O) groups is 1. The zero-order valence-corrected chi connectivity index (χ0v) is 12.3. The fourth-order valence-corrected chi connectivity index (χ4v) is 3.20. The Kier molecular flexibility index (Phi) is 5.22. The average Bonchev–Trinajstić information content (AvgIpc) is 2.42. The Morgan fingerprint density at radius 3 is 2.53 bits per heavy atom. The maximum Gasteiger partial charge on any atom is 0.240 e. The van der Waals surface area contributed by atoms with Crippen molar-refractivity contribution in [2.75, 3.05) is 26.2 Å². The van der Waals surface area contributed by atoms with Crippen molar-refractivity contribution in [2.24, 2.45) is 11.7 Å². The number of piperidine rings is 1. The molecule has 2 rings (SSSR count). The maximum atomic E-state index is 12.2. The van der Waals surface area contributed by atoms with Crippen LogP contribution in [0.4, 0.5) is 0 Å². The van der Waals surface area contributed by atoms with E-state index < -0.39 is 5.54 Å². The molecular formula is C15H29N3O. The van der Waals surface area contributed by atoms with Gasteiger partial charge in [-0.25, -0.2) is 0 Å². The quantitative estimate of drug-likeness (QED) is 0.811. The largest absolute Gasteiger partial charge is 0.353 e. The molecule has 0 bridgehead atoms. The summed E-state index contributed by atoms with van der Waals surface area (Å²) in [6.45, 7) is 6.37. The molecule has 0 atom stereocenters. The molecular weight excluding hydrogens is 238 g/mol. The van der Waals surface area contributed by atoms with Crippen molar-refractivity contribution in [3.8, 4) is 0 Å². The lowest BCUT2D eigenvalue weighted by Crippen LogP contribution is -2.56. The summed E-state index contributed by atoms with van der Waals surface area (Å²) < 4.78 is 0. The maximum absolute atomic E-state index is 12.2. The van der Waals surface area contributed by atoms with E-state index in [2.05, 4.69) is 17.1 Å². The molecule has 0 spiro atoms. The van der Waals surface area contributed by atoms with Gasteiger partial charge in [-0.1, -0.05) is 26.2 Å². The number of amides is 1. The molecule has 0 aromatic carbocycles. The second-order valence-electron chi connectivity index (χ2n) is 6.50. The van der Waals surface area contributed by atoms with Crippen LogP contribution in [-0.4, -0.2) is 42.5 Å². The highest BCUT2D eigenvalue weighted by Crippen LogP contribution is 2.25. The molecule has 0 aromatic heterocycles. The lowest BCUT2D eigenvalue weighted by molar-refractivity contribution is -0.127. The zero-order valence-electron chi connectivity index (χ0n) is 12.3. The minimum atomic E-state index is -0.589. The minimum Gasteiger partial charge on any atom is -0.353 e. The van der Waals surface area contributed by atoms with Crippen molar-refractivity contribution in [1.29, 1.82) is 0 Å². The van der Waals surface area contributed by atoms with Crippen LogP contribution in [0.5, 0.6) is 0 Å². The molecule has 4 nitrogen and oxygen atoms in total. The highest BCUT2D eigenvalue weighted by atomic mass is 16.2. The normalized spacial score (nSPS) is 25.2. The first kappa shape index (κ1) is 14.8. The molecule has 4 heteroatoms. The summed E-state index contributed by atoms with van der Waals surface area (Å²) in [5, 5.41) is 3.05. The third kappa shape index (κ3) is 4.18. The lowest BCUT2D eigenvalue weighted by atomic mass is 9.82. The van der Waals surface area contributed by atoms with Crippen molar-refractivity contribution in [2.45, 2.75) is 57.4 Å². The fourth-order valence-electron chi connectivity index (χ4n) is 3.20. The third-order valence-electron chi connectivity index (χ3n) is 4.79. The predicted molar refractivity (Wildman–Crippen MR) is 77.9 cm³/mol. The monoisotopic (exact) mass is 267 g/mol. The van der Waals surface area contributed by atoms with E-state index in [1.807, 2.05) is 0 Å². The number of rotatable bonds is 4. The summed E-state index contributed by atoms with van der Waals surface area (Å²) in [4.78, 5) is 14.6. The Morgan fingerprint density at radius 2 is 1.89 bits per heavy atom. The first-order chi connectivity index (χ1) is 9.10. The van der Waals surface area contributed by atoms with Crippen LogP contribution in [0.25, 0.3) is 0 Å². The van der Waals surface area contributed by atoms with Gasteiger partial charge in [0, 0.05) is 13.1 Å². The Bertz CT molecular complexity index is 292. The first-order valence-electron chi connectivity index (χ1n) is 7.90. The number of likely N-dealkylation sites (tertiary alicyclic amines) is 1. The molecule has 0 radical (unpaired) electrons. The number of nitrogens with one attached hydrogen (secondary N) is 1.